The van der Waals surface area contributed by atoms with Gasteiger partial charge in [-0.25, -0.2) is 0 Å². The van der Waals surface area contributed by atoms with E-state index in [4.69, 9.17) is 4.74 Å². The van der Waals surface area contributed by atoms with Gasteiger partial charge < -0.3 is 15.0 Å². The van der Waals surface area contributed by atoms with Crippen LogP contribution in [0.1, 0.15) is 39.5 Å². The Balaban J connectivity index is 1.46. The van der Waals surface area contributed by atoms with E-state index in [1.807, 2.05) is 0 Å². The van der Waals surface area contributed by atoms with Crippen LogP contribution in [0.4, 0.5) is 0 Å². The number of nitrogens with zero attached hydrogens (tertiary/aromatic N) is 2. The average molecular weight is 281 g/mol. The first kappa shape index (κ1) is 14.8. The average Bonchev–Trinajstić information content (AvgIpc) is 2.94. The van der Waals surface area contributed by atoms with E-state index in [1.165, 1.54) is 38.8 Å². The number of piperidine rings is 1. The summed E-state index contributed by atoms with van der Waals surface area (Å²) in [7, 11) is 0. The molecule has 4 heteroatoms. The Hall–Kier alpha value is -0.160. The molecule has 116 valence electrons. The van der Waals surface area contributed by atoms with Crippen molar-refractivity contribution in [2.24, 2.45) is 0 Å². The molecule has 3 heterocycles. The van der Waals surface area contributed by atoms with E-state index in [0.717, 1.165) is 44.9 Å². The molecule has 4 nitrogen and oxygen atoms in total. The zero-order chi connectivity index (χ0) is 14.0. The van der Waals surface area contributed by atoms with E-state index in [2.05, 4.69) is 29.0 Å². The smallest absolute Gasteiger partial charge is 0.0594 e. The highest BCUT2D eigenvalue weighted by Gasteiger charge is 2.33. The van der Waals surface area contributed by atoms with Gasteiger partial charge in [0.05, 0.1) is 13.2 Å². The first-order valence-electron chi connectivity index (χ1n) is 8.45. The van der Waals surface area contributed by atoms with Crippen molar-refractivity contribution in [3.63, 3.8) is 0 Å². The molecule has 1 N–H and O–H groups in total. The van der Waals surface area contributed by atoms with Crippen LogP contribution >= 0.6 is 0 Å². The molecule has 3 fully saturated rings. The minimum Gasteiger partial charge on any atom is -0.379 e. The van der Waals surface area contributed by atoms with Gasteiger partial charge in [0, 0.05) is 37.3 Å². The highest BCUT2D eigenvalue weighted by atomic mass is 16.5. The minimum atomic E-state index is 0.247. The summed E-state index contributed by atoms with van der Waals surface area (Å²) in [6.07, 6.45) is 5.52. The number of morpholine rings is 1. The zero-order valence-electron chi connectivity index (χ0n) is 13.2. The predicted octanol–water partition coefficient (Wildman–Crippen LogP) is 1.31. The molecule has 0 spiro atoms. The topological polar surface area (TPSA) is 27.7 Å². The fourth-order valence-corrected chi connectivity index (χ4v) is 4.08. The molecule has 0 aliphatic carbocycles. The van der Waals surface area contributed by atoms with Crippen LogP contribution in [0.25, 0.3) is 0 Å². The van der Waals surface area contributed by atoms with Crippen LogP contribution in [0.2, 0.25) is 0 Å². The highest BCUT2D eigenvalue weighted by Crippen LogP contribution is 2.27. The van der Waals surface area contributed by atoms with Gasteiger partial charge >= 0.3 is 0 Å². The molecular weight excluding hydrogens is 250 g/mol. The van der Waals surface area contributed by atoms with E-state index in [-0.39, 0.29) is 5.54 Å². The third kappa shape index (κ3) is 3.35. The van der Waals surface area contributed by atoms with Crippen molar-refractivity contribution in [2.75, 3.05) is 45.9 Å². The predicted molar refractivity (Wildman–Crippen MR) is 82.1 cm³/mol. The minimum absolute atomic E-state index is 0.247. The van der Waals surface area contributed by atoms with E-state index in [0.29, 0.717) is 0 Å². The molecular formula is C16H31N3O. The van der Waals surface area contributed by atoms with Crippen molar-refractivity contribution < 1.29 is 4.74 Å². The Bertz CT molecular complexity index is 315. The van der Waals surface area contributed by atoms with Crippen molar-refractivity contribution in [3.05, 3.63) is 0 Å². The maximum Gasteiger partial charge on any atom is 0.0594 e. The standard InChI is InChI=1S/C16H31N3O/c1-16(2,19-8-10-20-11-9-19)13-17-14-5-7-18-6-3-4-15(18)12-14/h14-15,17H,3-13H2,1-2H3. The van der Waals surface area contributed by atoms with Gasteiger partial charge in [-0.2, -0.15) is 0 Å². The molecule has 2 unspecified atom stereocenters. The summed E-state index contributed by atoms with van der Waals surface area (Å²) in [6, 6.07) is 1.60. The molecule has 0 aromatic heterocycles. The second-order valence-electron chi connectivity index (χ2n) is 7.35. The van der Waals surface area contributed by atoms with E-state index >= 15 is 0 Å². The quantitative estimate of drug-likeness (QED) is 0.841. The van der Waals surface area contributed by atoms with Gasteiger partial charge in [0.2, 0.25) is 0 Å². The number of hydrogen-bond donors (Lipinski definition) is 1. The van der Waals surface area contributed by atoms with Crippen LogP contribution in [0.3, 0.4) is 0 Å². The Labute approximate surface area is 123 Å². The maximum absolute atomic E-state index is 5.47. The van der Waals surface area contributed by atoms with Crippen molar-refractivity contribution in [2.45, 2.75) is 57.2 Å². The lowest BCUT2D eigenvalue weighted by atomic mass is 9.95. The first-order chi connectivity index (χ1) is 9.65. The highest BCUT2D eigenvalue weighted by molar-refractivity contribution is 4.92. The largest absolute Gasteiger partial charge is 0.379 e. The summed E-state index contributed by atoms with van der Waals surface area (Å²) in [5, 5.41) is 3.86. The van der Waals surface area contributed by atoms with Crippen LogP contribution < -0.4 is 5.32 Å². The number of nitrogens with one attached hydrogen (secondary N) is 1. The van der Waals surface area contributed by atoms with Crippen molar-refractivity contribution in [1.29, 1.82) is 0 Å². The van der Waals surface area contributed by atoms with Crippen LogP contribution in [-0.2, 0) is 4.74 Å². The molecule has 3 aliphatic rings. The Kier molecular flexibility index (Phi) is 4.65. The van der Waals surface area contributed by atoms with Crippen LogP contribution in [-0.4, -0.2) is 73.4 Å². The number of rotatable bonds is 4. The summed E-state index contributed by atoms with van der Waals surface area (Å²) in [4.78, 5) is 5.28. The van der Waals surface area contributed by atoms with E-state index in [1.54, 1.807) is 0 Å². The summed E-state index contributed by atoms with van der Waals surface area (Å²) >= 11 is 0. The molecule has 0 saturated carbocycles. The SMILES string of the molecule is CC(C)(CNC1CCN2CCCC2C1)N1CCOCC1. The van der Waals surface area contributed by atoms with Crippen molar-refractivity contribution in [1.82, 2.24) is 15.1 Å². The number of hydrogen-bond acceptors (Lipinski definition) is 4. The van der Waals surface area contributed by atoms with E-state index < -0.39 is 0 Å². The molecule has 0 radical (unpaired) electrons. The van der Waals surface area contributed by atoms with Crippen molar-refractivity contribution in [3.8, 4) is 0 Å². The number of fused-ring (bicyclic) bond motifs is 1. The fraction of sp³-hybridized carbons (Fsp3) is 1.00. The van der Waals surface area contributed by atoms with Gasteiger partial charge in [-0.1, -0.05) is 0 Å². The normalized spacial score (nSPS) is 33.3. The second kappa shape index (κ2) is 6.30. The molecule has 0 bridgehead atoms. The van der Waals surface area contributed by atoms with Gasteiger partial charge in [0.25, 0.3) is 0 Å². The Morgan fingerprint density at radius 1 is 1.10 bits per heavy atom. The lowest BCUT2D eigenvalue weighted by Crippen LogP contribution is -2.57. The molecule has 0 aromatic carbocycles. The third-order valence-electron chi connectivity index (χ3n) is 5.51. The lowest BCUT2D eigenvalue weighted by Gasteiger charge is -2.43. The fourth-order valence-electron chi connectivity index (χ4n) is 4.08. The third-order valence-corrected chi connectivity index (χ3v) is 5.51. The van der Waals surface area contributed by atoms with Gasteiger partial charge in [0.1, 0.15) is 0 Å². The first-order valence-corrected chi connectivity index (χ1v) is 8.45. The van der Waals surface area contributed by atoms with Crippen LogP contribution in [0, 0.1) is 0 Å². The van der Waals surface area contributed by atoms with E-state index in [9.17, 15) is 0 Å². The summed E-state index contributed by atoms with van der Waals surface area (Å²) in [6.45, 7) is 12.4. The van der Waals surface area contributed by atoms with Gasteiger partial charge in [-0.15, -0.1) is 0 Å². The van der Waals surface area contributed by atoms with Crippen LogP contribution in [0.15, 0.2) is 0 Å². The molecule has 20 heavy (non-hydrogen) atoms. The summed E-state index contributed by atoms with van der Waals surface area (Å²) in [5.74, 6) is 0. The molecule has 3 aliphatic heterocycles. The Morgan fingerprint density at radius 3 is 2.70 bits per heavy atom. The molecule has 3 saturated heterocycles. The molecule has 0 aromatic rings. The zero-order valence-corrected chi connectivity index (χ0v) is 13.2. The lowest BCUT2D eigenvalue weighted by molar-refractivity contribution is -0.0112. The van der Waals surface area contributed by atoms with Gasteiger partial charge in [0.15, 0.2) is 0 Å². The van der Waals surface area contributed by atoms with Gasteiger partial charge in [-0.05, 0) is 52.6 Å². The van der Waals surface area contributed by atoms with Crippen molar-refractivity contribution >= 4 is 0 Å². The van der Waals surface area contributed by atoms with Gasteiger partial charge in [-0.3, -0.25) is 4.90 Å². The van der Waals surface area contributed by atoms with Crippen LogP contribution in [0.5, 0.6) is 0 Å². The summed E-state index contributed by atoms with van der Waals surface area (Å²) in [5.41, 5.74) is 0.247. The monoisotopic (exact) mass is 281 g/mol. The second-order valence-corrected chi connectivity index (χ2v) is 7.35. The molecule has 0 amide bonds. The molecule has 2 atom stereocenters. The maximum atomic E-state index is 5.47. The molecule has 3 rings (SSSR count). The number of ether oxygens (including phenoxy) is 1. The summed E-state index contributed by atoms with van der Waals surface area (Å²) < 4.78 is 5.47. The Morgan fingerprint density at radius 2 is 1.90 bits per heavy atom.